The second-order valence-electron chi connectivity index (χ2n) is 5.08. The SMILES string of the molecule is COc1ncc(Cl)c(OCC2(N)CCCCCC2)n1. The molecule has 106 valence electrons. The molecule has 0 spiro atoms. The molecular formula is C13H20ClN3O2. The first-order valence-corrected chi connectivity index (χ1v) is 6.99. The maximum absolute atomic E-state index is 6.38. The van der Waals surface area contributed by atoms with Gasteiger partial charge in [-0.15, -0.1) is 0 Å². The first kappa shape index (κ1) is 14.3. The monoisotopic (exact) mass is 285 g/mol. The van der Waals surface area contributed by atoms with Crippen molar-refractivity contribution < 1.29 is 9.47 Å². The minimum absolute atomic E-state index is 0.242. The smallest absolute Gasteiger partial charge is 0.319 e. The molecule has 0 bridgehead atoms. The minimum Gasteiger partial charge on any atom is -0.474 e. The Morgan fingerprint density at radius 1 is 1.32 bits per heavy atom. The molecular weight excluding hydrogens is 266 g/mol. The summed E-state index contributed by atoms with van der Waals surface area (Å²) in [6.45, 7) is 0.423. The first-order valence-electron chi connectivity index (χ1n) is 6.61. The zero-order valence-corrected chi connectivity index (χ0v) is 11.9. The van der Waals surface area contributed by atoms with Gasteiger partial charge in [0.2, 0.25) is 5.88 Å². The van der Waals surface area contributed by atoms with Crippen molar-refractivity contribution in [3.05, 3.63) is 11.2 Å². The molecule has 0 aromatic carbocycles. The average molecular weight is 286 g/mol. The number of hydrogen-bond acceptors (Lipinski definition) is 5. The lowest BCUT2D eigenvalue weighted by atomic mass is 9.93. The molecule has 6 heteroatoms. The van der Waals surface area contributed by atoms with Crippen molar-refractivity contribution in [2.24, 2.45) is 5.73 Å². The highest BCUT2D eigenvalue weighted by Gasteiger charge is 2.27. The third-order valence-corrected chi connectivity index (χ3v) is 3.73. The number of aromatic nitrogens is 2. The Hall–Kier alpha value is -1.07. The second kappa shape index (κ2) is 6.39. The van der Waals surface area contributed by atoms with Crippen LogP contribution in [0.2, 0.25) is 5.02 Å². The van der Waals surface area contributed by atoms with E-state index >= 15 is 0 Å². The van der Waals surface area contributed by atoms with Crippen molar-refractivity contribution in [2.45, 2.75) is 44.1 Å². The van der Waals surface area contributed by atoms with E-state index in [0.717, 1.165) is 25.7 Å². The van der Waals surface area contributed by atoms with Gasteiger partial charge >= 0.3 is 6.01 Å². The molecule has 1 aliphatic carbocycles. The van der Waals surface area contributed by atoms with E-state index in [0.29, 0.717) is 17.5 Å². The van der Waals surface area contributed by atoms with Crippen LogP contribution in [0.4, 0.5) is 0 Å². The molecule has 1 saturated carbocycles. The van der Waals surface area contributed by atoms with Crippen molar-refractivity contribution in [1.82, 2.24) is 9.97 Å². The number of ether oxygens (including phenoxy) is 2. The van der Waals surface area contributed by atoms with Crippen LogP contribution in [0, 0.1) is 0 Å². The summed E-state index contributed by atoms with van der Waals surface area (Å²) in [5.41, 5.74) is 6.11. The molecule has 2 N–H and O–H groups in total. The third-order valence-electron chi connectivity index (χ3n) is 3.47. The molecule has 0 saturated heterocycles. The molecule has 0 aliphatic heterocycles. The highest BCUT2D eigenvalue weighted by molar-refractivity contribution is 6.31. The van der Waals surface area contributed by atoms with Crippen LogP contribution in [0.3, 0.4) is 0 Å². The van der Waals surface area contributed by atoms with Crippen molar-refractivity contribution in [1.29, 1.82) is 0 Å². The van der Waals surface area contributed by atoms with Gasteiger partial charge in [-0.1, -0.05) is 37.3 Å². The van der Waals surface area contributed by atoms with Gasteiger partial charge in [0.1, 0.15) is 11.6 Å². The Kier molecular flexibility index (Phi) is 4.82. The van der Waals surface area contributed by atoms with E-state index in [-0.39, 0.29) is 11.5 Å². The summed E-state index contributed by atoms with van der Waals surface area (Å²) < 4.78 is 10.6. The number of hydrogen-bond donors (Lipinski definition) is 1. The molecule has 0 atom stereocenters. The fourth-order valence-corrected chi connectivity index (χ4v) is 2.47. The molecule has 5 nitrogen and oxygen atoms in total. The summed E-state index contributed by atoms with van der Waals surface area (Å²) in [7, 11) is 1.50. The molecule has 1 aromatic heterocycles. The van der Waals surface area contributed by atoms with Crippen LogP contribution in [-0.4, -0.2) is 29.2 Å². The Labute approximate surface area is 118 Å². The summed E-state index contributed by atoms with van der Waals surface area (Å²) in [4.78, 5) is 7.99. The van der Waals surface area contributed by atoms with Crippen molar-refractivity contribution in [3.63, 3.8) is 0 Å². The lowest BCUT2D eigenvalue weighted by Gasteiger charge is -2.27. The van der Waals surface area contributed by atoms with Gasteiger partial charge in [0.25, 0.3) is 0 Å². The lowest BCUT2D eigenvalue weighted by Crippen LogP contribution is -2.45. The normalized spacial score (nSPS) is 18.7. The summed E-state index contributed by atoms with van der Waals surface area (Å²) in [6, 6.07) is 0.242. The highest BCUT2D eigenvalue weighted by Crippen LogP contribution is 2.28. The van der Waals surface area contributed by atoms with Gasteiger partial charge in [0.05, 0.1) is 18.8 Å². The van der Waals surface area contributed by atoms with Crippen LogP contribution in [0.15, 0.2) is 6.20 Å². The Morgan fingerprint density at radius 2 is 2.00 bits per heavy atom. The number of nitrogens with two attached hydrogens (primary N) is 1. The Balaban J connectivity index is 2.00. The molecule has 0 unspecified atom stereocenters. The van der Waals surface area contributed by atoms with Gasteiger partial charge in [0.15, 0.2) is 0 Å². The number of nitrogens with zero attached hydrogens (tertiary/aromatic N) is 2. The van der Waals surface area contributed by atoms with E-state index in [2.05, 4.69) is 9.97 Å². The fraction of sp³-hybridized carbons (Fsp3) is 0.692. The molecule has 1 aromatic rings. The van der Waals surface area contributed by atoms with Crippen LogP contribution in [-0.2, 0) is 0 Å². The van der Waals surface area contributed by atoms with E-state index in [1.165, 1.54) is 26.1 Å². The van der Waals surface area contributed by atoms with E-state index in [4.69, 9.17) is 26.8 Å². The van der Waals surface area contributed by atoms with Gasteiger partial charge in [-0.3, -0.25) is 0 Å². The maximum atomic E-state index is 6.38. The molecule has 1 fully saturated rings. The lowest BCUT2D eigenvalue weighted by molar-refractivity contribution is 0.191. The largest absolute Gasteiger partial charge is 0.474 e. The van der Waals surface area contributed by atoms with Crippen LogP contribution in [0.25, 0.3) is 0 Å². The van der Waals surface area contributed by atoms with Gasteiger partial charge in [-0.25, -0.2) is 4.98 Å². The summed E-state index contributed by atoms with van der Waals surface area (Å²) in [6.07, 6.45) is 8.24. The predicted molar refractivity (Wildman–Crippen MR) is 73.7 cm³/mol. The molecule has 2 rings (SSSR count). The standard InChI is InChI=1S/C13H20ClN3O2/c1-18-12-16-8-10(14)11(17-12)19-9-13(15)6-4-2-3-5-7-13/h8H,2-7,9,15H2,1H3. The van der Waals surface area contributed by atoms with Crippen LogP contribution in [0.1, 0.15) is 38.5 Å². The molecule has 0 amide bonds. The third kappa shape index (κ3) is 3.94. The molecule has 1 aliphatic rings. The zero-order valence-electron chi connectivity index (χ0n) is 11.2. The topological polar surface area (TPSA) is 70.3 Å². The van der Waals surface area contributed by atoms with Gasteiger partial charge < -0.3 is 15.2 Å². The van der Waals surface area contributed by atoms with Gasteiger partial charge in [0, 0.05) is 0 Å². The zero-order chi connectivity index (χ0) is 13.7. The quantitative estimate of drug-likeness (QED) is 0.861. The Morgan fingerprint density at radius 3 is 2.63 bits per heavy atom. The summed E-state index contributed by atoms with van der Waals surface area (Å²) in [5.74, 6) is 0.336. The van der Waals surface area contributed by atoms with E-state index in [1.54, 1.807) is 0 Å². The summed E-state index contributed by atoms with van der Waals surface area (Å²) in [5, 5.41) is 0.373. The van der Waals surface area contributed by atoms with E-state index < -0.39 is 0 Å². The van der Waals surface area contributed by atoms with Gasteiger partial charge in [-0.2, -0.15) is 4.98 Å². The molecule has 1 heterocycles. The molecule has 19 heavy (non-hydrogen) atoms. The number of methoxy groups -OCH3 is 1. The maximum Gasteiger partial charge on any atom is 0.319 e. The van der Waals surface area contributed by atoms with Crippen molar-refractivity contribution >= 4 is 11.6 Å². The predicted octanol–water partition coefficient (Wildman–Crippen LogP) is 2.57. The van der Waals surface area contributed by atoms with Crippen LogP contribution in [0.5, 0.6) is 11.9 Å². The van der Waals surface area contributed by atoms with Crippen LogP contribution >= 0.6 is 11.6 Å². The molecule has 0 radical (unpaired) electrons. The average Bonchev–Trinajstić information content (AvgIpc) is 2.63. The second-order valence-corrected chi connectivity index (χ2v) is 5.48. The van der Waals surface area contributed by atoms with Crippen molar-refractivity contribution in [3.8, 4) is 11.9 Å². The van der Waals surface area contributed by atoms with Crippen LogP contribution < -0.4 is 15.2 Å². The summed E-state index contributed by atoms with van der Waals surface area (Å²) >= 11 is 6.00. The minimum atomic E-state index is -0.280. The Bertz CT molecular complexity index is 420. The van der Waals surface area contributed by atoms with Gasteiger partial charge in [-0.05, 0) is 12.8 Å². The first-order chi connectivity index (χ1) is 9.13. The van der Waals surface area contributed by atoms with Crippen molar-refractivity contribution in [2.75, 3.05) is 13.7 Å². The fourth-order valence-electron chi connectivity index (χ4n) is 2.32. The highest BCUT2D eigenvalue weighted by atomic mass is 35.5. The van der Waals surface area contributed by atoms with E-state index in [1.807, 2.05) is 0 Å². The number of rotatable bonds is 4. The number of halogens is 1. The van der Waals surface area contributed by atoms with E-state index in [9.17, 15) is 0 Å².